The van der Waals surface area contributed by atoms with E-state index in [0.717, 1.165) is 24.2 Å². The number of aliphatic hydroxyl groups is 1. The SMILES string of the molecule is COc1ccc(COCCCC(O)/C(=C\[Si](C)(C)C)[Si](C)(C)C)cc1. The predicted molar refractivity (Wildman–Crippen MR) is 113 cm³/mol. The molecule has 0 saturated heterocycles. The fraction of sp³-hybridized carbons (Fsp3) is 0.600. The number of benzene rings is 1. The molecule has 1 atom stereocenters. The molecule has 0 fully saturated rings. The third-order valence-electron chi connectivity index (χ3n) is 4.01. The van der Waals surface area contributed by atoms with Crippen molar-refractivity contribution in [3.8, 4) is 5.75 Å². The van der Waals surface area contributed by atoms with Gasteiger partial charge >= 0.3 is 0 Å². The Hall–Kier alpha value is -0.886. The highest BCUT2D eigenvalue weighted by Crippen LogP contribution is 2.24. The van der Waals surface area contributed by atoms with Gasteiger partial charge in [0.15, 0.2) is 0 Å². The highest BCUT2D eigenvalue weighted by molar-refractivity contribution is 6.88. The van der Waals surface area contributed by atoms with Crippen molar-refractivity contribution in [3.05, 3.63) is 40.7 Å². The van der Waals surface area contributed by atoms with Gasteiger partial charge in [0, 0.05) is 6.61 Å². The molecule has 5 heteroatoms. The van der Waals surface area contributed by atoms with Crippen LogP contribution in [0.5, 0.6) is 5.75 Å². The summed E-state index contributed by atoms with van der Waals surface area (Å²) in [6.07, 6.45) is 1.34. The van der Waals surface area contributed by atoms with Gasteiger partial charge in [-0.05, 0) is 30.5 Å². The van der Waals surface area contributed by atoms with Crippen LogP contribution in [0.2, 0.25) is 39.3 Å². The lowest BCUT2D eigenvalue weighted by Gasteiger charge is -2.29. The Morgan fingerprint density at radius 2 is 1.68 bits per heavy atom. The molecule has 25 heavy (non-hydrogen) atoms. The van der Waals surface area contributed by atoms with Crippen molar-refractivity contribution in [2.45, 2.75) is 64.8 Å². The largest absolute Gasteiger partial charge is 0.497 e. The standard InChI is InChI=1S/C20H36O3Si2/c1-22-18-12-10-17(11-13-18)15-23-14-8-9-19(21)20(25(5,6)7)16-24(2,3)4/h10-13,16,19,21H,8-9,14-15H2,1-7H3/b20-16+. The summed E-state index contributed by atoms with van der Waals surface area (Å²) in [6, 6.07) is 7.94. The summed E-state index contributed by atoms with van der Waals surface area (Å²) in [7, 11) is -1.16. The molecule has 1 rings (SSSR count). The molecule has 0 saturated carbocycles. The van der Waals surface area contributed by atoms with E-state index in [4.69, 9.17) is 9.47 Å². The molecule has 0 spiro atoms. The second kappa shape index (κ2) is 9.71. The van der Waals surface area contributed by atoms with Crippen LogP contribution in [-0.4, -0.2) is 41.1 Å². The quantitative estimate of drug-likeness (QED) is 0.457. The Balaban J connectivity index is 2.44. The summed E-state index contributed by atoms with van der Waals surface area (Å²) >= 11 is 0. The second-order valence-corrected chi connectivity index (χ2v) is 18.9. The molecule has 0 aliphatic rings. The molecule has 0 bridgehead atoms. The maximum absolute atomic E-state index is 10.7. The van der Waals surface area contributed by atoms with E-state index in [1.54, 1.807) is 7.11 Å². The van der Waals surface area contributed by atoms with Crippen molar-refractivity contribution < 1.29 is 14.6 Å². The number of methoxy groups -OCH3 is 1. The number of hydrogen-bond acceptors (Lipinski definition) is 3. The van der Waals surface area contributed by atoms with Crippen LogP contribution in [0.3, 0.4) is 0 Å². The summed E-state index contributed by atoms with van der Waals surface area (Å²) in [4.78, 5) is 0. The molecule has 0 amide bonds. The molecule has 0 aromatic heterocycles. The van der Waals surface area contributed by atoms with Crippen LogP contribution in [0.4, 0.5) is 0 Å². The van der Waals surface area contributed by atoms with Gasteiger partial charge in [-0.3, -0.25) is 0 Å². The lowest BCUT2D eigenvalue weighted by atomic mass is 10.2. The minimum atomic E-state index is -1.50. The highest BCUT2D eigenvalue weighted by atomic mass is 28.3. The van der Waals surface area contributed by atoms with Gasteiger partial charge in [-0.25, -0.2) is 0 Å². The number of aliphatic hydroxyl groups excluding tert-OH is 1. The average Bonchev–Trinajstić information content (AvgIpc) is 2.51. The van der Waals surface area contributed by atoms with Crippen LogP contribution < -0.4 is 4.74 Å². The monoisotopic (exact) mass is 380 g/mol. The maximum atomic E-state index is 10.7. The van der Waals surface area contributed by atoms with Crippen molar-refractivity contribution in [1.82, 2.24) is 0 Å². The van der Waals surface area contributed by atoms with Gasteiger partial charge in [0.2, 0.25) is 0 Å². The molecule has 3 nitrogen and oxygen atoms in total. The van der Waals surface area contributed by atoms with E-state index in [0.29, 0.717) is 13.2 Å². The molecule has 0 radical (unpaired) electrons. The molecule has 142 valence electrons. The van der Waals surface area contributed by atoms with Crippen molar-refractivity contribution in [2.24, 2.45) is 0 Å². The van der Waals surface area contributed by atoms with Gasteiger partial charge in [0.25, 0.3) is 0 Å². The van der Waals surface area contributed by atoms with Gasteiger partial charge in [0.1, 0.15) is 5.75 Å². The topological polar surface area (TPSA) is 38.7 Å². The van der Waals surface area contributed by atoms with Crippen molar-refractivity contribution in [3.63, 3.8) is 0 Å². The third kappa shape index (κ3) is 8.85. The number of rotatable bonds is 10. The summed E-state index contributed by atoms with van der Waals surface area (Å²) in [6.45, 7) is 15.2. The van der Waals surface area contributed by atoms with Crippen LogP contribution in [-0.2, 0) is 11.3 Å². The number of ether oxygens (including phenoxy) is 2. The van der Waals surface area contributed by atoms with Crippen molar-refractivity contribution in [2.75, 3.05) is 13.7 Å². The predicted octanol–water partition coefficient (Wildman–Crippen LogP) is 5.03. The summed E-state index contributed by atoms with van der Waals surface area (Å²) in [5.74, 6) is 0.861. The Kier molecular flexibility index (Phi) is 8.61. The zero-order chi connectivity index (χ0) is 19.1. The minimum absolute atomic E-state index is 0.317. The van der Waals surface area contributed by atoms with Crippen LogP contribution in [0.1, 0.15) is 18.4 Å². The van der Waals surface area contributed by atoms with Crippen molar-refractivity contribution in [1.29, 1.82) is 0 Å². The van der Waals surface area contributed by atoms with E-state index >= 15 is 0 Å². The van der Waals surface area contributed by atoms with Crippen molar-refractivity contribution >= 4 is 16.1 Å². The van der Waals surface area contributed by atoms with Crippen LogP contribution in [0.15, 0.2) is 35.2 Å². The molecule has 1 aromatic rings. The van der Waals surface area contributed by atoms with E-state index in [2.05, 4.69) is 45.0 Å². The molecule has 1 N–H and O–H groups in total. The molecule has 0 heterocycles. The highest BCUT2D eigenvalue weighted by Gasteiger charge is 2.27. The molecule has 1 aromatic carbocycles. The molecular weight excluding hydrogens is 344 g/mol. The number of hydrogen-bond donors (Lipinski definition) is 1. The van der Waals surface area contributed by atoms with E-state index < -0.39 is 16.1 Å². The third-order valence-corrected chi connectivity index (χ3v) is 7.68. The first-order chi connectivity index (χ1) is 11.5. The zero-order valence-corrected chi connectivity index (χ0v) is 19.1. The van der Waals surface area contributed by atoms with Crippen LogP contribution in [0, 0.1) is 0 Å². The first kappa shape index (κ1) is 22.2. The van der Waals surface area contributed by atoms with Crippen LogP contribution in [0.25, 0.3) is 0 Å². The fourth-order valence-corrected chi connectivity index (χ4v) is 8.03. The van der Waals surface area contributed by atoms with E-state index in [9.17, 15) is 5.11 Å². The molecular formula is C20H36O3Si2. The van der Waals surface area contributed by atoms with E-state index in [1.807, 2.05) is 24.3 Å². The summed E-state index contributed by atoms with van der Waals surface area (Å²) in [5.41, 5.74) is 3.56. The second-order valence-electron chi connectivity index (χ2n) is 8.77. The Morgan fingerprint density at radius 1 is 1.08 bits per heavy atom. The summed E-state index contributed by atoms with van der Waals surface area (Å²) in [5, 5.41) is 12.0. The molecule has 0 aliphatic heterocycles. The summed E-state index contributed by atoms with van der Waals surface area (Å²) < 4.78 is 10.9. The van der Waals surface area contributed by atoms with Gasteiger partial charge in [0.05, 0.1) is 36.0 Å². The smallest absolute Gasteiger partial charge is 0.118 e. The lowest BCUT2D eigenvalue weighted by Crippen LogP contribution is -2.35. The van der Waals surface area contributed by atoms with Crippen LogP contribution >= 0.6 is 0 Å². The Morgan fingerprint density at radius 3 is 2.16 bits per heavy atom. The molecule has 0 aliphatic carbocycles. The first-order valence-electron chi connectivity index (χ1n) is 9.15. The van der Waals surface area contributed by atoms with Gasteiger partial charge < -0.3 is 14.6 Å². The lowest BCUT2D eigenvalue weighted by molar-refractivity contribution is 0.105. The van der Waals surface area contributed by atoms with Gasteiger partial charge in [-0.2, -0.15) is 0 Å². The van der Waals surface area contributed by atoms with Gasteiger partial charge in [-0.1, -0.05) is 62.3 Å². The van der Waals surface area contributed by atoms with E-state index in [1.165, 1.54) is 5.20 Å². The van der Waals surface area contributed by atoms with E-state index in [-0.39, 0.29) is 6.10 Å². The van der Waals surface area contributed by atoms with Gasteiger partial charge in [-0.15, -0.1) is 0 Å². The zero-order valence-electron chi connectivity index (χ0n) is 17.1. The Bertz CT molecular complexity index is 540. The average molecular weight is 381 g/mol. The maximum Gasteiger partial charge on any atom is 0.118 e. The normalized spacial score (nSPS) is 14.5. The first-order valence-corrected chi connectivity index (χ1v) is 16.2. The fourth-order valence-electron chi connectivity index (χ4n) is 2.73. The minimum Gasteiger partial charge on any atom is -0.497 e. The molecule has 1 unspecified atom stereocenters. The Labute approximate surface area is 156 Å².